The Bertz CT molecular complexity index is 1230. The molecule has 2 N–H and O–H groups in total. The fourth-order valence-corrected chi connectivity index (χ4v) is 3.46. The SMILES string of the molecule is COc1ccc(C=Cc2cc(OC)c(OC)c(OC)c2)c(NC=CC(=O)c2ccc(Cl)cc2)c1O. The summed E-state index contributed by atoms with van der Waals surface area (Å²) >= 11 is 5.88. The number of anilines is 1. The lowest BCUT2D eigenvalue weighted by atomic mass is 10.1. The van der Waals surface area contributed by atoms with Crippen molar-refractivity contribution in [3.63, 3.8) is 0 Å². The van der Waals surface area contributed by atoms with Gasteiger partial charge in [0, 0.05) is 28.4 Å². The number of aromatic hydroxyl groups is 1. The van der Waals surface area contributed by atoms with Gasteiger partial charge in [0.25, 0.3) is 0 Å². The van der Waals surface area contributed by atoms with Crippen molar-refractivity contribution in [3.05, 3.63) is 82.5 Å². The largest absolute Gasteiger partial charge is 0.503 e. The highest BCUT2D eigenvalue weighted by molar-refractivity contribution is 6.30. The number of hydrogen-bond acceptors (Lipinski definition) is 7. The highest BCUT2D eigenvalue weighted by Gasteiger charge is 2.14. The third-order valence-corrected chi connectivity index (χ3v) is 5.38. The van der Waals surface area contributed by atoms with Crippen molar-refractivity contribution in [2.24, 2.45) is 0 Å². The Balaban J connectivity index is 1.91. The molecule has 0 unspecified atom stereocenters. The van der Waals surface area contributed by atoms with Gasteiger partial charge >= 0.3 is 0 Å². The average molecular weight is 496 g/mol. The molecule has 0 saturated heterocycles. The summed E-state index contributed by atoms with van der Waals surface area (Å²) in [6.45, 7) is 0. The van der Waals surface area contributed by atoms with E-state index in [4.69, 9.17) is 30.5 Å². The number of ketones is 1. The Morgan fingerprint density at radius 2 is 1.49 bits per heavy atom. The molecule has 0 aliphatic carbocycles. The number of ether oxygens (including phenoxy) is 4. The lowest BCUT2D eigenvalue weighted by Gasteiger charge is -2.13. The predicted octanol–water partition coefficient (Wildman–Crippen LogP) is 6.06. The van der Waals surface area contributed by atoms with Gasteiger partial charge in [0.15, 0.2) is 28.8 Å². The zero-order chi connectivity index (χ0) is 25.4. The fraction of sp³-hybridized carbons (Fsp3) is 0.148. The normalized spacial score (nSPS) is 11.0. The van der Waals surface area contributed by atoms with Crippen LogP contribution in [0.3, 0.4) is 0 Å². The number of allylic oxidation sites excluding steroid dienone is 1. The number of methoxy groups -OCH3 is 4. The molecule has 3 rings (SSSR count). The van der Waals surface area contributed by atoms with Crippen LogP contribution in [0, 0.1) is 0 Å². The third-order valence-electron chi connectivity index (χ3n) is 5.13. The second-order valence-electron chi connectivity index (χ2n) is 7.22. The topological polar surface area (TPSA) is 86.3 Å². The van der Waals surface area contributed by atoms with Crippen LogP contribution in [-0.2, 0) is 0 Å². The van der Waals surface area contributed by atoms with E-state index in [1.165, 1.54) is 19.4 Å². The van der Waals surface area contributed by atoms with Gasteiger partial charge in [-0.1, -0.05) is 23.8 Å². The van der Waals surface area contributed by atoms with Crippen LogP contribution in [0.15, 0.2) is 60.8 Å². The van der Waals surface area contributed by atoms with Crippen LogP contribution < -0.4 is 24.3 Å². The molecule has 3 aromatic rings. The number of phenolic OH excluding ortho intramolecular Hbond substituents is 1. The number of nitrogens with one attached hydrogen (secondary N) is 1. The Labute approximate surface area is 209 Å². The van der Waals surface area contributed by atoms with Gasteiger partial charge in [0.05, 0.1) is 34.1 Å². The molecule has 0 radical (unpaired) electrons. The Kier molecular flexibility index (Phi) is 8.64. The predicted molar refractivity (Wildman–Crippen MR) is 138 cm³/mol. The number of halogens is 1. The van der Waals surface area contributed by atoms with Gasteiger partial charge in [-0.05, 0) is 54.1 Å². The first kappa shape index (κ1) is 25.5. The Morgan fingerprint density at radius 1 is 0.857 bits per heavy atom. The van der Waals surface area contributed by atoms with E-state index < -0.39 is 0 Å². The molecule has 7 nitrogen and oxygen atoms in total. The number of phenols is 1. The molecule has 3 aromatic carbocycles. The van der Waals surface area contributed by atoms with Crippen LogP contribution in [0.5, 0.6) is 28.7 Å². The van der Waals surface area contributed by atoms with Crippen molar-refractivity contribution >= 4 is 35.2 Å². The van der Waals surface area contributed by atoms with Crippen molar-refractivity contribution in [1.29, 1.82) is 0 Å². The van der Waals surface area contributed by atoms with E-state index in [1.54, 1.807) is 75.9 Å². The molecular formula is C27H26ClNO6. The smallest absolute Gasteiger partial charge is 0.203 e. The van der Waals surface area contributed by atoms with Crippen LogP contribution in [0.25, 0.3) is 12.2 Å². The second-order valence-corrected chi connectivity index (χ2v) is 7.66. The summed E-state index contributed by atoms with van der Waals surface area (Å²) in [4.78, 5) is 12.4. The number of carbonyl (C=O) groups excluding carboxylic acids is 1. The molecule has 0 amide bonds. The van der Waals surface area contributed by atoms with Crippen LogP contribution >= 0.6 is 11.6 Å². The minimum atomic E-state index is -0.217. The van der Waals surface area contributed by atoms with Gasteiger partial charge in [-0.3, -0.25) is 4.79 Å². The van der Waals surface area contributed by atoms with E-state index in [2.05, 4.69) is 5.32 Å². The molecule has 0 fully saturated rings. The average Bonchev–Trinajstić information content (AvgIpc) is 2.88. The molecule has 0 aromatic heterocycles. The van der Waals surface area contributed by atoms with Crippen molar-refractivity contribution in [2.45, 2.75) is 0 Å². The van der Waals surface area contributed by atoms with Crippen LogP contribution in [0.4, 0.5) is 5.69 Å². The summed E-state index contributed by atoms with van der Waals surface area (Å²) in [6.07, 6.45) is 6.47. The molecule has 0 bridgehead atoms. The quantitative estimate of drug-likeness (QED) is 0.153. The number of carbonyl (C=O) groups is 1. The maximum atomic E-state index is 12.4. The van der Waals surface area contributed by atoms with Gasteiger partial charge in [-0.2, -0.15) is 0 Å². The van der Waals surface area contributed by atoms with Gasteiger partial charge in [-0.25, -0.2) is 0 Å². The summed E-state index contributed by atoms with van der Waals surface area (Å²) < 4.78 is 21.4. The number of benzene rings is 3. The van der Waals surface area contributed by atoms with Gasteiger partial charge < -0.3 is 29.4 Å². The van der Waals surface area contributed by atoms with E-state index in [-0.39, 0.29) is 17.3 Å². The maximum Gasteiger partial charge on any atom is 0.203 e. The van der Waals surface area contributed by atoms with Crippen LogP contribution in [0.1, 0.15) is 21.5 Å². The maximum absolute atomic E-state index is 12.4. The zero-order valence-corrected chi connectivity index (χ0v) is 20.6. The van der Waals surface area contributed by atoms with Crippen LogP contribution in [-0.4, -0.2) is 39.3 Å². The van der Waals surface area contributed by atoms with E-state index in [0.29, 0.717) is 39.1 Å². The molecule has 0 aliphatic rings. The summed E-state index contributed by atoms with van der Waals surface area (Å²) in [5, 5.41) is 14.2. The summed E-state index contributed by atoms with van der Waals surface area (Å²) in [5.74, 6) is 1.51. The first-order valence-corrected chi connectivity index (χ1v) is 10.9. The molecule has 0 atom stereocenters. The Hall–Kier alpha value is -4.10. The first-order chi connectivity index (χ1) is 16.9. The highest BCUT2D eigenvalue weighted by atomic mass is 35.5. The monoisotopic (exact) mass is 495 g/mol. The van der Waals surface area contributed by atoms with E-state index in [1.807, 2.05) is 6.08 Å². The van der Waals surface area contributed by atoms with E-state index in [0.717, 1.165) is 5.56 Å². The molecule has 0 aliphatic heterocycles. The first-order valence-electron chi connectivity index (χ1n) is 10.5. The van der Waals surface area contributed by atoms with Gasteiger partial charge in [0.2, 0.25) is 5.75 Å². The molecule has 182 valence electrons. The molecule has 8 heteroatoms. The van der Waals surface area contributed by atoms with Crippen molar-refractivity contribution in [3.8, 4) is 28.7 Å². The summed E-state index contributed by atoms with van der Waals surface area (Å²) in [6, 6.07) is 13.6. The van der Waals surface area contributed by atoms with Crippen molar-refractivity contribution in [1.82, 2.24) is 0 Å². The third kappa shape index (κ3) is 6.07. The van der Waals surface area contributed by atoms with Gasteiger partial charge in [-0.15, -0.1) is 0 Å². The Morgan fingerprint density at radius 3 is 2.06 bits per heavy atom. The molecule has 0 saturated carbocycles. The molecule has 35 heavy (non-hydrogen) atoms. The molecule has 0 heterocycles. The zero-order valence-electron chi connectivity index (χ0n) is 19.8. The summed E-state index contributed by atoms with van der Waals surface area (Å²) in [7, 11) is 6.10. The van der Waals surface area contributed by atoms with E-state index >= 15 is 0 Å². The summed E-state index contributed by atoms with van der Waals surface area (Å²) in [5.41, 5.74) is 2.30. The lowest BCUT2D eigenvalue weighted by Crippen LogP contribution is -1.98. The molecule has 0 spiro atoms. The van der Waals surface area contributed by atoms with E-state index in [9.17, 15) is 9.90 Å². The standard InChI is InChI=1S/C27H26ClNO6/c1-32-22-12-9-19(6-5-17-15-23(33-2)27(35-4)24(16-17)34-3)25(26(22)31)29-14-13-21(30)18-7-10-20(28)11-8-18/h5-16,29,31H,1-4H3. The lowest BCUT2D eigenvalue weighted by molar-refractivity contribution is 0.104. The van der Waals surface area contributed by atoms with Crippen molar-refractivity contribution in [2.75, 3.05) is 33.8 Å². The number of rotatable bonds is 10. The minimum Gasteiger partial charge on any atom is -0.503 e. The molecular weight excluding hydrogens is 470 g/mol. The van der Waals surface area contributed by atoms with Crippen LogP contribution in [0.2, 0.25) is 5.02 Å². The fourth-order valence-electron chi connectivity index (χ4n) is 3.34. The number of hydrogen-bond donors (Lipinski definition) is 2. The second kappa shape index (κ2) is 11.9. The van der Waals surface area contributed by atoms with Gasteiger partial charge in [0.1, 0.15) is 0 Å². The highest BCUT2D eigenvalue weighted by Crippen LogP contribution is 2.40. The van der Waals surface area contributed by atoms with Crippen molar-refractivity contribution < 1.29 is 28.8 Å². The minimum absolute atomic E-state index is 0.0943.